The lowest BCUT2D eigenvalue weighted by molar-refractivity contribution is -0.116. The molecule has 0 bridgehead atoms. The van der Waals surface area contributed by atoms with Crippen LogP contribution in [0.3, 0.4) is 0 Å². The zero-order valence-corrected chi connectivity index (χ0v) is 12.5. The van der Waals surface area contributed by atoms with E-state index in [9.17, 15) is 9.18 Å². The lowest BCUT2D eigenvalue weighted by Gasteiger charge is -2.07. The molecule has 0 fully saturated rings. The quantitative estimate of drug-likeness (QED) is 0.650. The van der Waals surface area contributed by atoms with Crippen LogP contribution in [0.2, 0.25) is 10.0 Å². The highest BCUT2D eigenvalue weighted by Gasteiger charge is 2.10. The van der Waals surface area contributed by atoms with Crippen LogP contribution in [0.4, 0.5) is 15.8 Å². The van der Waals surface area contributed by atoms with E-state index >= 15 is 0 Å². The smallest absolute Gasteiger partial charge is 0.224 e. The molecule has 2 rings (SSSR count). The summed E-state index contributed by atoms with van der Waals surface area (Å²) in [5.41, 5.74) is 7.65. The molecule has 1 amide bonds. The van der Waals surface area contributed by atoms with Crippen molar-refractivity contribution >= 4 is 40.5 Å². The molecule has 0 atom stereocenters. The number of benzene rings is 2. The van der Waals surface area contributed by atoms with Gasteiger partial charge in [-0.05, 0) is 36.2 Å². The fourth-order valence-electron chi connectivity index (χ4n) is 1.79. The first-order chi connectivity index (χ1) is 9.95. The first-order valence-electron chi connectivity index (χ1n) is 6.24. The Morgan fingerprint density at radius 2 is 1.71 bits per heavy atom. The van der Waals surface area contributed by atoms with Crippen molar-refractivity contribution in [3.63, 3.8) is 0 Å². The van der Waals surface area contributed by atoms with E-state index in [1.54, 1.807) is 12.1 Å². The van der Waals surface area contributed by atoms with Crippen LogP contribution < -0.4 is 11.1 Å². The van der Waals surface area contributed by atoms with Crippen molar-refractivity contribution in [2.75, 3.05) is 11.1 Å². The molecular weight excluding hydrogens is 314 g/mol. The predicted molar refractivity (Wildman–Crippen MR) is 84.2 cm³/mol. The Kier molecular flexibility index (Phi) is 5.04. The van der Waals surface area contributed by atoms with E-state index in [4.69, 9.17) is 28.9 Å². The summed E-state index contributed by atoms with van der Waals surface area (Å²) in [5, 5.41) is 2.38. The predicted octanol–water partition coefficient (Wildman–Crippen LogP) is 4.29. The summed E-state index contributed by atoms with van der Waals surface area (Å²) < 4.78 is 13.3. The molecule has 0 unspecified atom stereocenters. The van der Waals surface area contributed by atoms with Crippen molar-refractivity contribution < 1.29 is 9.18 Å². The van der Waals surface area contributed by atoms with Crippen LogP contribution in [0.1, 0.15) is 12.0 Å². The van der Waals surface area contributed by atoms with Crippen LogP contribution in [-0.2, 0) is 11.2 Å². The SMILES string of the molecule is Nc1ccc(CCC(=O)Nc2cc(Cl)c(F)c(Cl)c2)cc1. The molecule has 2 aromatic carbocycles. The Morgan fingerprint density at radius 1 is 1.14 bits per heavy atom. The number of carbonyl (C=O) groups excluding carboxylic acids is 1. The molecule has 21 heavy (non-hydrogen) atoms. The standard InChI is InChI=1S/C15H13Cl2FN2O/c16-12-7-11(8-13(17)15(12)18)20-14(21)6-3-9-1-4-10(19)5-2-9/h1-2,4-5,7-8H,3,6,19H2,(H,20,21). The molecule has 6 heteroatoms. The molecule has 0 spiro atoms. The molecule has 0 radical (unpaired) electrons. The maximum absolute atomic E-state index is 13.3. The van der Waals surface area contributed by atoms with E-state index in [0.29, 0.717) is 17.8 Å². The third-order valence-corrected chi connectivity index (χ3v) is 3.44. The lowest BCUT2D eigenvalue weighted by atomic mass is 10.1. The number of amides is 1. The summed E-state index contributed by atoms with van der Waals surface area (Å²) >= 11 is 11.3. The summed E-state index contributed by atoms with van der Waals surface area (Å²) in [4.78, 5) is 11.8. The molecule has 0 aliphatic heterocycles. The Hall–Kier alpha value is -1.78. The topological polar surface area (TPSA) is 55.1 Å². The fourth-order valence-corrected chi connectivity index (χ4v) is 2.28. The van der Waals surface area contributed by atoms with Crippen molar-refractivity contribution in [3.05, 3.63) is 57.8 Å². The van der Waals surface area contributed by atoms with Gasteiger partial charge < -0.3 is 11.1 Å². The highest BCUT2D eigenvalue weighted by Crippen LogP contribution is 2.27. The molecule has 0 aromatic heterocycles. The average Bonchev–Trinajstić information content (AvgIpc) is 2.44. The second-order valence-corrected chi connectivity index (χ2v) is 5.36. The number of hydrogen-bond acceptors (Lipinski definition) is 2. The largest absolute Gasteiger partial charge is 0.399 e. The van der Waals surface area contributed by atoms with E-state index in [1.165, 1.54) is 12.1 Å². The fraction of sp³-hybridized carbons (Fsp3) is 0.133. The summed E-state index contributed by atoms with van der Waals surface area (Å²) in [6, 6.07) is 9.95. The Labute approximate surface area is 131 Å². The number of hydrogen-bond donors (Lipinski definition) is 2. The van der Waals surface area contributed by atoms with Gasteiger partial charge >= 0.3 is 0 Å². The Balaban J connectivity index is 1.94. The van der Waals surface area contributed by atoms with Gasteiger partial charge in [0.05, 0.1) is 10.0 Å². The molecule has 110 valence electrons. The number of aryl methyl sites for hydroxylation is 1. The van der Waals surface area contributed by atoms with E-state index in [1.807, 2.05) is 12.1 Å². The van der Waals surface area contributed by atoms with Crippen molar-refractivity contribution in [2.24, 2.45) is 0 Å². The molecule has 2 aromatic rings. The van der Waals surface area contributed by atoms with Crippen molar-refractivity contribution in [2.45, 2.75) is 12.8 Å². The molecule has 0 saturated carbocycles. The number of carbonyl (C=O) groups is 1. The van der Waals surface area contributed by atoms with Gasteiger partial charge in [0.2, 0.25) is 5.91 Å². The summed E-state index contributed by atoms with van der Waals surface area (Å²) in [7, 11) is 0. The van der Waals surface area contributed by atoms with E-state index in [2.05, 4.69) is 5.32 Å². The maximum Gasteiger partial charge on any atom is 0.224 e. The van der Waals surface area contributed by atoms with Gasteiger partial charge in [0.15, 0.2) is 5.82 Å². The van der Waals surface area contributed by atoms with E-state index in [0.717, 1.165) is 5.56 Å². The van der Waals surface area contributed by atoms with Gasteiger partial charge in [0.25, 0.3) is 0 Å². The number of nitrogens with one attached hydrogen (secondary N) is 1. The van der Waals surface area contributed by atoms with Gasteiger partial charge in [-0.15, -0.1) is 0 Å². The minimum absolute atomic E-state index is 0.128. The van der Waals surface area contributed by atoms with Gasteiger partial charge in [-0.25, -0.2) is 4.39 Å². The number of anilines is 2. The second kappa shape index (κ2) is 6.78. The Morgan fingerprint density at radius 3 is 2.29 bits per heavy atom. The number of nitrogen functional groups attached to an aromatic ring is 1. The first kappa shape index (κ1) is 15.6. The summed E-state index contributed by atoms with van der Waals surface area (Å²) in [5.74, 6) is -0.899. The van der Waals surface area contributed by atoms with Gasteiger partial charge in [-0.1, -0.05) is 35.3 Å². The van der Waals surface area contributed by atoms with Crippen molar-refractivity contribution in [1.82, 2.24) is 0 Å². The number of rotatable bonds is 4. The first-order valence-corrected chi connectivity index (χ1v) is 7.00. The molecule has 0 saturated heterocycles. The van der Waals surface area contributed by atoms with Crippen LogP contribution in [0.15, 0.2) is 36.4 Å². The zero-order chi connectivity index (χ0) is 15.4. The Bertz CT molecular complexity index is 636. The van der Waals surface area contributed by atoms with Crippen molar-refractivity contribution in [3.8, 4) is 0 Å². The molecule has 0 heterocycles. The monoisotopic (exact) mass is 326 g/mol. The zero-order valence-electron chi connectivity index (χ0n) is 11.0. The molecule has 0 aliphatic carbocycles. The van der Waals surface area contributed by atoms with Gasteiger partial charge in [-0.2, -0.15) is 0 Å². The van der Waals surface area contributed by atoms with Crippen LogP contribution >= 0.6 is 23.2 Å². The van der Waals surface area contributed by atoms with Gasteiger partial charge in [-0.3, -0.25) is 4.79 Å². The highest BCUT2D eigenvalue weighted by molar-refractivity contribution is 6.35. The lowest BCUT2D eigenvalue weighted by Crippen LogP contribution is -2.12. The minimum atomic E-state index is -0.696. The van der Waals surface area contributed by atoms with Crippen molar-refractivity contribution in [1.29, 1.82) is 0 Å². The molecule has 3 N–H and O–H groups in total. The molecule has 0 aliphatic rings. The third-order valence-electron chi connectivity index (χ3n) is 2.89. The maximum atomic E-state index is 13.3. The van der Waals surface area contributed by atoms with Crippen LogP contribution in [0, 0.1) is 5.82 Å². The number of nitrogens with two attached hydrogens (primary N) is 1. The number of halogens is 3. The average molecular weight is 327 g/mol. The van der Waals surface area contributed by atoms with E-state index < -0.39 is 5.82 Å². The molecular formula is C15H13Cl2FN2O. The van der Waals surface area contributed by atoms with E-state index in [-0.39, 0.29) is 22.4 Å². The second-order valence-electron chi connectivity index (χ2n) is 4.54. The molecule has 3 nitrogen and oxygen atoms in total. The minimum Gasteiger partial charge on any atom is -0.399 e. The van der Waals surface area contributed by atoms with Gasteiger partial charge in [0, 0.05) is 17.8 Å². The normalized spacial score (nSPS) is 10.4. The highest BCUT2D eigenvalue weighted by atomic mass is 35.5. The van der Waals surface area contributed by atoms with Gasteiger partial charge in [0.1, 0.15) is 0 Å². The van der Waals surface area contributed by atoms with Crippen LogP contribution in [-0.4, -0.2) is 5.91 Å². The van der Waals surface area contributed by atoms with Crippen LogP contribution in [0.25, 0.3) is 0 Å². The summed E-state index contributed by atoms with van der Waals surface area (Å²) in [6.07, 6.45) is 0.866. The third kappa shape index (κ3) is 4.34. The van der Waals surface area contributed by atoms with Crippen LogP contribution in [0.5, 0.6) is 0 Å². The summed E-state index contributed by atoms with van der Waals surface area (Å²) in [6.45, 7) is 0.